The fourth-order valence-electron chi connectivity index (χ4n) is 2.73. The Morgan fingerprint density at radius 2 is 2.10 bits per heavy atom. The Labute approximate surface area is 116 Å². The lowest BCUT2D eigenvalue weighted by molar-refractivity contribution is 0.0694. The lowest BCUT2D eigenvalue weighted by Gasteiger charge is -2.19. The van der Waals surface area contributed by atoms with Gasteiger partial charge in [0.1, 0.15) is 11.6 Å². The zero-order valence-electron chi connectivity index (χ0n) is 10.8. The second kappa shape index (κ2) is 4.83. The van der Waals surface area contributed by atoms with Crippen LogP contribution in [0, 0.1) is 11.3 Å². The summed E-state index contributed by atoms with van der Waals surface area (Å²) >= 11 is 0. The summed E-state index contributed by atoms with van der Waals surface area (Å²) in [6, 6.07) is 11.5. The van der Waals surface area contributed by atoms with E-state index in [1.54, 1.807) is 0 Å². The lowest BCUT2D eigenvalue weighted by atomic mass is 10.0. The van der Waals surface area contributed by atoms with Crippen LogP contribution in [0.3, 0.4) is 0 Å². The smallest absolute Gasteiger partial charge is 0.338 e. The van der Waals surface area contributed by atoms with E-state index in [0.717, 1.165) is 12.1 Å². The van der Waals surface area contributed by atoms with Crippen LogP contribution in [0.4, 0.5) is 0 Å². The zero-order chi connectivity index (χ0) is 14.1. The Morgan fingerprint density at radius 1 is 1.35 bits per heavy atom. The molecule has 0 unspecified atom stereocenters. The molecule has 1 aliphatic heterocycles. The molecule has 0 aliphatic carbocycles. The van der Waals surface area contributed by atoms with Crippen molar-refractivity contribution in [3.05, 3.63) is 47.2 Å². The third-order valence-electron chi connectivity index (χ3n) is 3.55. The van der Waals surface area contributed by atoms with Crippen LogP contribution < -0.4 is 5.32 Å². The van der Waals surface area contributed by atoms with Crippen LogP contribution in [0.2, 0.25) is 0 Å². The summed E-state index contributed by atoms with van der Waals surface area (Å²) in [4.78, 5) is 11.5. The molecule has 0 bridgehead atoms. The zero-order valence-corrected chi connectivity index (χ0v) is 10.8. The fraction of sp³-hybridized carbons (Fsp3) is 0.200. The average molecular weight is 267 g/mol. The maximum Gasteiger partial charge on any atom is 0.338 e. The minimum absolute atomic E-state index is 0.124. The number of nitrogens with one attached hydrogen (secondary N) is 1. The molecular weight excluding hydrogens is 254 g/mol. The first-order chi connectivity index (χ1) is 9.74. The van der Waals surface area contributed by atoms with Crippen LogP contribution in [0.25, 0.3) is 11.3 Å². The number of carboxylic acids is 1. The van der Waals surface area contributed by atoms with Crippen molar-refractivity contribution in [2.24, 2.45) is 0 Å². The van der Waals surface area contributed by atoms with Gasteiger partial charge in [-0.3, -0.25) is 0 Å². The predicted octanol–water partition coefficient (Wildman–Crippen LogP) is 1.83. The number of nitriles is 1. The highest BCUT2D eigenvalue weighted by atomic mass is 16.4. The number of hydrogen-bond acceptors (Lipinski definition) is 3. The standard InChI is InChI=1S/C15H13N3O2/c16-8-11-13(15(19)20)12-9-17-6-7-18(12)14(11)10-4-2-1-3-5-10/h1-5,17H,6-7,9H2,(H,19,20). The Morgan fingerprint density at radius 3 is 2.75 bits per heavy atom. The van der Waals surface area contributed by atoms with Crippen molar-refractivity contribution >= 4 is 5.97 Å². The lowest BCUT2D eigenvalue weighted by Crippen LogP contribution is -2.29. The van der Waals surface area contributed by atoms with Crippen LogP contribution in [0.5, 0.6) is 0 Å². The molecule has 1 aromatic carbocycles. The molecule has 0 radical (unpaired) electrons. The monoisotopic (exact) mass is 267 g/mol. The van der Waals surface area contributed by atoms with Crippen molar-refractivity contribution in [1.29, 1.82) is 5.26 Å². The summed E-state index contributed by atoms with van der Waals surface area (Å²) in [6.45, 7) is 1.91. The molecule has 0 amide bonds. The van der Waals surface area contributed by atoms with Gasteiger partial charge in [-0.05, 0) is 5.56 Å². The molecule has 0 saturated carbocycles. The van der Waals surface area contributed by atoms with Gasteiger partial charge in [-0.25, -0.2) is 4.79 Å². The van der Waals surface area contributed by atoms with Gasteiger partial charge in [-0.1, -0.05) is 30.3 Å². The molecule has 3 rings (SSSR count). The molecule has 100 valence electrons. The fourth-order valence-corrected chi connectivity index (χ4v) is 2.73. The Kier molecular flexibility index (Phi) is 3.01. The Hall–Kier alpha value is -2.58. The predicted molar refractivity (Wildman–Crippen MR) is 73.2 cm³/mol. The van der Waals surface area contributed by atoms with E-state index in [1.807, 2.05) is 34.9 Å². The summed E-state index contributed by atoms with van der Waals surface area (Å²) in [5.74, 6) is -1.05. The number of benzene rings is 1. The minimum atomic E-state index is -1.05. The van der Waals surface area contributed by atoms with Crippen molar-refractivity contribution in [3.63, 3.8) is 0 Å². The van der Waals surface area contributed by atoms with E-state index in [9.17, 15) is 15.2 Å². The minimum Gasteiger partial charge on any atom is -0.478 e. The number of nitrogens with zero attached hydrogens (tertiary/aromatic N) is 2. The van der Waals surface area contributed by atoms with Crippen molar-refractivity contribution in [2.45, 2.75) is 13.1 Å². The molecule has 1 aromatic heterocycles. The van der Waals surface area contributed by atoms with Crippen LogP contribution >= 0.6 is 0 Å². The Bertz CT molecular complexity index is 711. The molecule has 5 heteroatoms. The number of carboxylic acid groups (broad SMARTS) is 1. The van der Waals surface area contributed by atoms with Crippen molar-refractivity contribution in [1.82, 2.24) is 9.88 Å². The molecule has 0 fully saturated rings. The highest BCUT2D eigenvalue weighted by Gasteiger charge is 2.28. The largest absolute Gasteiger partial charge is 0.478 e. The van der Waals surface area contributed by atoms with Crippen LogP contribution in [0.1, 0.15) is 21.6 Å². The first-order valence-corrected chi connectivity index (χ1v) is 6.39. The summed E-state index contributed by atoms with van der Waals surface area (Å²) in [6.07, 6.45) is 0. The molecule has 2 heterocycles. The van der Waals surface area contributed by atoms with E-state index in [1.165, 1.54) is 0 Å². The maximum atomic E-state index is 11.5. The molecule has 0 spiro atoms. The molecule has 1 aliphatic rings. The highest BCUT2D eigenvalue weighted by molar-refractivity contribution is 5.95. The van der Waals surface area contributed by atoms with Gasteiger partial charge in [0.05, 0.1) is 11.3 Å². The number of fused-ring (bicyclic) bond motifs is 1. The number of aromatic nitrogens is 1. The van der Waals surface area contributed by atoms with E-state index in [0.29, 0.717) is 24.5 Å². The number of carbonyl (C=O) groups is 1. The molecular formula is C15H13N3O2. The third kappa shape index (κ3) is 1.78. The number of aromatic carboxylic acids is 1. The van der Waals surface area contributed by atoms with Crippen molar-refractivity contribution in [3.8, 4) is 17.3 Å². The van der Waals surface area contributed by atoms with E-state index in [-0.39, 0.29) is 11.1 Å². The molecule has 0 atom stereocenters. The average Bonchev–Trinajstić information content (AvgIpc) is 2.82. The van der Waals surface area contributed by atoms with Crippen LogP contribution in [0.15, 0.2) is 30.3 Å². The van der Waals surface area contributed by atoms with Gasteiger partial charge in [0.25, 0.3) is 0 Å². The van der Waals surface area contributed by atoms with Gasteiger partial charge in [0.2, 0.25) is 0 Å². The van der Waals surface area contributed by atoms with E-state index < -0.39 is 5.97 Å². The van der Waals surface area contributed by atoms with E-state index in [4.69, 9.17) is 0 Å². The molecule has 2 N–H and O–H groups in total. The second-order valence-electron chi connectivity index (χ2n) is 4.66. The first kappa shape index (κ1) is 12.5. The van der Waals surface area contributed by atoms with Gasteiger partial charge in [-0.2, -0.15) is 5.26 Å². The number of hydrogen-bond donors (Lipinski definition) is 2. The van der Waals surface area contributed by atoms with E-state index >= 15 is 0 Å². The second-order valence-corrected chi connectivity index (χ2v) is 4.66. The molecule has 20 heavy (non-hydrogen) atoms. The summed E-state index contributed by atoms with van der Waals surface area (Å²) in [5, 5.41) is 22.0. The normalized spacial score (nSPS) is 13.6. The highest BCUT2D eigenvalue weighted by Crippen LogP contribution is 2.32. The van der Waals surface area contributed by atoms with Gasteiger partial charge in [0, 0.05) is 25.3 Å². The van der Waals surface area contributed by atoms with Crippen LogP contribution in [-0.4, -0.2) is 22.2 Å². The van der Waals surface area contributed by atoms with Crippen molar-refractivity contribution < 1.29 is 9.90 Å². The summed E-state index contributed by atoms with van der Waals surface area (Å²) < 4.78 is 1.95. The van der Waals surface area contributed by atoms with Gasteiger partial charge < -0.3 is 15.0 Å². The van der Waals surface area contributed by atoms with Gasteiger partial charge >= 0.3 is 5.97 Å². The first-order valence-electron chi connectivity index (χ1n) is 6.39. The number of rotatable bonds is 2. The topological polar surface area (TPSA) is 78.1 Å². The van der Waals surface area contributed by atoms with Gasteiger partial charge in [0.15, 0.2) is 0 Å². The van der Waals surface area contributed by atoms with E-state index in [2.05, 4.69) is 11.4 Å². The quantitative estimate of drug-likeness (QED) is 0.870. The summed E-state index contributed by atoms with van der Waals surface area (Å²) in [7, 11) is 0. The molecule has 0 saturated heterocycles. The van der Waals surface area contributed by atoms with Gasteiger partial charge in [-0.15, -0.1) is 0 Å². The van der Waals surface area contributed by atoms with Crippen molar-refractivity contribution in [2.75, 3.05) is 6.54 Å². The Balaban J connectivity index is 2.34. The third-order valence-corrected chi connectivity index (χ3v) is 3.55. The summed E-state index contributed by atoms with van der Waals surface area (Å²) in [5.41, 5.74) is 2.64. The molecule has 2 aromatic rings. The SMILES string of the molecule is N#Cc1c(C(=O)O)c2n(c1-c1ccccc1)CCNC2. The maximum absolute atomic E-state index is 11.5. The molecule has 5 nitrogen and oxygen atoms in total. The van der Waals surface area contributed by atoms with Crippen LogP contribution in [-0.2, 0) is 13.1 Å².